The quantitative estimate of drug-likeness (QED) is 0.639. The molecule has 1 atom stereocenters. The van der Waals surface area contributed by atoms with Gasteiger partial charge < -0.3 is 15.0 Å². The van der Waals surface area contributed by atoms with E-state index in [0.717, 1.165) is 44.3 Å². The number of nitrogens with one attached hydrogen (secondary N) is 1. The van der Waals surface area contributed by atoms with Crippen molar-refractivity contribution in [1.82, 2.24) is 25.1 Å². The fourth-order valence-electron chi connectivity index (χ4n) is 3.39. The lowest BCUT2D eigenvalue weighted by Crippen LogP contribution is -2.42. The van der Waals surface area contributed by atoms with Crippen LogP contribution in [0.15, 0.2) is 12.1 Å². The molecule has 8 nitrogen and oxygen atoms in total. The minimum atomic E-state index is -0.280. The Morgan fingerprint density at radius 2 is 2.07 bits per heavy atom. The minimum absolute atomic E-state index is 0.0124. The van der Waals surface area contributed by atoms with Crippen LogP contribution in [0.2, 0.25) is 0 Å². The summed E-state index contributed by atoms with van der Waals surface area (Å²) >= 11 is 2.98. The molecule has 1 fully saturated rings. The van der Waals surface area contributed by atoms with Crippen molar-refractivity contribution in [1.29, 1.82) is 0 Å². The van der Waals surface area contributed by atoms with Crippen LogP contribution in [-0.2, 0) is 11.2 Å². The monoisotopic (exact) mass is 444 g/mol. The molecule has 0 saturated carbocycles. The highest BCUT2D eigenvalue weighted by Crippen LogP contribution is 2.28. The van der Waals surface area contributed by atoms with Crippen molar-refractivity contribution in [3.63, 3.8) is 0 Å². The van der Waals surface area contributed by atoms with Gasteiger partial charge in [0.25, 0.3) is 5.91 Å². The maximum atomic E-state index is 13.0. The number of ether oxygens (including phenoxy) is 1. The van der Waals surface area contributed by atoms with Gasteiger partial charge >= 0.3 is 0 Å². The highest BCUT2D eigenvalue weighted by Gasteiger charge is 2.29. The zero-order chi connectivity index (χ0) is 21.3. The molecule has 0 bridgehead atoms. The van der Waals surface area contributed by atoms with Crippen LogP contribution in [0.1, 0.15) is 49.8 Å². The molecule has 1 amide bonds. The lowest BCUT2D eigenvalue weighted by atomic mass is 10.1. The fourth-order valence-corrected chi connectivity index (χ4v) is 4.98. The van der Waals surface area contributed by atoms with Gasteiger partial charge in [0.2, 0.25) is 5.13 Å². The number of anilines is 2. The summed E-state index contributed by atoms with van der Waals surface area (Å²) < 4.78 is 5.98. The summed E-state index contributed by atoms with van der Waals surface area (Å²) in [6.45, 7) is 9.30. The smallest absolute Gasteiger partial charge is 0.266 e. The molecule has 1 N–H and O–H groups in total. The number of pyridine rings is 1. The van der Waals surface area contributed by atoms with E-state index in [9.17, 15) is 4.79 Å². The van der Waals surface area contributed by atoms with E-state index in [1.807, 2.05) is 37.8 Å². The highest BCUT2D eigenvalue weighted by atomic mass is 32.1. The Morgan fingerprint density at radius 3 is 2.77 bits per heavy atom. The number of carbonyl (C=O) groups is 1. The molecule has 10 heteroatoms. The van der Waals surface area contributed by atoms with Crippen LogP contribution in [0.5, 0.6) is 0 Å². The Kier molecular flexibility index (Phi) is 6.07. The van der Waals surface area contributed by atoms with Gasteiger partial charge in [0.05, 0.1) is 29.5 Å². The fraction of sp³-hybridized carbons (Fsp3) is 0.450. The van der Waals surface area contributed by atoms with Crippen molar-refractivity contribution >= 4 is 39.4 Å². The van der Waals surface area contributed by atoms with Crippen molar-refractivity contribution in [2.24, 2.45) is 0 Å². The summed E-state index contributed by atoms with van der Waals surface area (Å²) in [5.74, 6) is 0.0124. The largest absolute Gasteiger partial charge is 0.368 e. The third-order valence-corrected chi connectivity index (χ3v) is 6.82. The number of nitrogens with zero attached hydrogens (tertiary/aromatic N) is 5. The van der Waals surface area contributed by atoms with Gasteiger partial charge in [-0.3, -0.25) is 9.78 Å². The highest BCUT2D eigenvalue weighted by molar-refractivity contribution is 7.15. The van der Waals surface area contributed by atoms with E-state index in [-0.39, 0.29) is 12.0 Å². The molecule has 0 aliphatic carbocycles. The number of hydrogen-bond acceptors (Lipinski definition) is 9. The number of aryl methyl sites for hydroxylation is 4. The molecular weight excluding hydrogens is 420 g/mol. The number of thiazole rings is 1. The van der Waals surface area contributed by atoms with Crippen LogP contribution >= 0.6 is 22.7 Å². The molecule has 0 spiro atoms. The molecule has 0 unspecified atom stereocenters. The molecule has 4 heterocycles. The van der Waals surface area contributed by atoms with Crippen LogP contribution in [0, 0.1) is 20.8 Å². The summed E-state index contributed by atoms with van der Waals surface area (Å²) in [4.78, 5) is 24.6. The number of rotatable bonds is 5. The Balaban J connectivity index is 1.52. The summed E-state index contributed by atoms with van der Waals surface area (Å²) in [7, 11) is 0. The molecular formula is C20H24N6O2S2. The predicted molar refractivity (Wildman–Crippen MR) is 118 cm³/mol. The molecule has 4 rings (SSSR count). The van der Waals surface area contributed by atoms with Gasteiger partial charge in [-0.2, -0.15) is 0 Å². The number of aromatic nitrogens is 4. The summed E-state index contributed by atoms with van der Waals surface area (Å²) in [6, 6.07) is 3.92. The minimum Gasteiger partial charge on any atom is -0.368 e. The van der Waals surface area contributed by atoms with Crippen molar-refractivity contribution in [3.8, 4) is 0 Å². The molecule has 1 aliphatic rings. The normalized spacial score (nSPS) is 16.7. The first kappa shape index (κ1) is 20.8. The van der Waals surface area contributed by atoms with Gasteiger partial charge in [-0.1, -0.05) is 18.3 Å². The standard InChI is InChI=1S/C20H24N6O2S2/c1-5-17-24-25-20(30-17)23-14-8-11(2)21-15(9-14)16-10-26(6-7-28-16)19(27)18-12(3)22-13(4)29-18/h8-9,16H,5-7,10H2,1-4H3,(H,21,23,25)/t16-/m1/s1. The van der Waals surface area contributed by atoms with Gasteiger partial charge in [0.15, 0.2) is 0 Å². The average Bonchev–Trinajstić information content (AvgIpc) is 3.32. The molecule has 1 aliphatic heterocycles. The maximum Gasteiger partial charge on any atom is 0.266 e. The van der Waals surface area contributed by atoms with Crippen LogP contribution in [0.25, 0.3) is 0 Å². The van der Waals surface area contributed by atoms with Gasteiger partial charge in [-0.05, 0) is 39.3 Å². The zero-order valence-electron chi connectivity index (χ0n) is 17.4. The SMILES string of the molecule is CCc1nnc(Nc2cc(C)nc([C@H]3CN(C(=O)c4sc(C)nc4C)CCO3)c2)s1. The van der Waals surface area contributed by atoms with Crippen molar-refractivity contribution < 1.29 is 9.53 Å². The summed E-state index contributed by atoms with van der Waals surface area (Å²) in [6.07, 6.45) is 0.580. The first-order valence-corrected chi connectivity index (χ1v) is 11.5. The van der Waals surface area contributed by atoms with E-state index >= 15 is 0 Å². The second-order valence-corrected chi connectivity index (χ2v) is 9.42. The number of amides is 1. The van der Waals surface area contributed by atoms with Gasteiger partial charge in [0.1, 0.15) is 16.0 Å². The average molecular weight is 445 g/mol. The van der Waals surface area contributed by atoms with E-state index in [2.05, 4.69) is 32.4 Å². The summed E-state index contributed by atoms with van der Waals surface area (Å²) in [5.41, 5.74) is 3.34. The van der Waals surface area contributed by atoms with Gasteiger partial charge in [-0.25, -0.2) is 4.98 Å². The Bertz CT molecular complexity index is 1060. The molecule has 0 radical (unpaired) electrons. The predicted octanol–water partition coefficient (Wildman–Crippen LogP) is 3.83. The zero-order valence-corrected chi connectivity index (χ0v) is 19.1. The molecule has 158 valence electrons. The molecule has 30 heavy (non-hydrogen) atoms. The second-order valence-electron chi connectivity index (χ2n) is 7.16. The van der Waals surface area contributed by atoms with Crippen LogP contribution < -0.4 is 5.32 Å². The Hall–Kier alpha value is -2.43. The molecule has 1 saturated heterocycles. The topological polar surface area (TPSA) is 93.1 Å². The Morgan fingerprint density at radius 1 is 1.23 bits per heavy atom. The number of hydrogen-bond donors (Lipinski definition) is 1. The van der Waals surface area contributed by atoms with E-state index < -0.39 is 0 Å². The van der Waals surface area contributed by atoms with Crippen LogP contribution in [-0.4, -0.2) is 50.7 Å². The third kappa shape index (κ3) is 4.50. The van der Waals surface area contributed by atoms with E-state index in [1.54, 1.807) is 0 Å². The lowest BCUT2D eigenvalue weighted by molar-refractivity contribution is -0.0246. The van der Waals surface area contributed by atoms with Gasteiger partial charge in [-0.15, -0.1) is 21.5 Å². The van der Waals surface area contributed by atoms with Crippen LogP contribution in [0.3, 0.4) is 0 Å². The Labute approximate surface area is 183 Å². The second kappa shape index (κ2) is 8.75. The van der Waals surface area contributed by atoms with Crippen molar-refractivity contribution in [2.45, 2.75) is 40.2 Å². The molecule has 0 aromatic carbocycles. The molecule has 3 aromatic heterocycles. The van der Waals surface area contributed by atoms with Gasteiger partial charge in [0, 0.05) is 17.9 Å². The molecule has 3 aromatic rings. The first-order valence-electron chi connectivity index (χ1n) is 9.85. The van der Waals surface area contributed by atoms with E-state index in [1.165, 1.54) is 22.7 Å². The lowest BCUT2D eigenvalue weighted by Gasteiger charge is -2.32. The van der Waals surface area contributed by atoms with E-state index in [4.69, 9.17) is 4.74 Å². The van der Waals surface area contributed by atoms with Crippen LogP contribution in [0.4, 0.5) is 10.8 Å². The third-order valence-electron chi connectivity index (χ3n) is 4.78. The van der Waals surface area contributed by atoms with E-state index in [0.29, 0.717) is 24.6 Å². The first-order chi connectivity index (χ1) is 14.4. The number of morpholine rings is 1. The maximum absolute atomic E-state index is 13.0. The van der Waals surface area contributed by atoms with Crippen molar-refractivity contribution in [3.05, 3.63) is 44.1 Å². The number of carbonyl (C=O) groups excluding carboxylic acids is 1. The summed E-state index contributed by atoms with van der Waals surface area (Å²) in [5, 5.41) is 14.3. The van der Waals surface area contributed by atoms with Crippen molar-refractivity contribution in [2.75, 3.05) is 25.0 Å².